The van der Waals surface area contributed by atoms with Crippen LogP contribution < -0.4 is 5.32 Å². The molecule has 0 saturated carbocycles. The van der Waals surface area contributed by atoms with E-state index in [1.165, 1.54) is 5.56 Å². The minimum Gasteiger partial charge on any atom is -0.353 e. The van der Waals surface area contributed by atoms with Crippen LogP contribution in [0.5, 0.6) is 0 Å². The second-order valence-electron chi connectivity index (χ2n) is 6.66. The first-order valence-electron chi connectivity index (χ1n) is 7.23. The first kappa shape index (κ1) is 17.1. The van der Waals surface area contributed by atoms with Crippen molar-refractivity contribution in [2.45, 2.75) is 57.9 Å². The van der Waals surface area contributed by atoms with Gasteiger partial charge in [-0.1, -0.05) is 46.8 Å². The van der Waals surface area contributed by atoms with Crippen LogP contribution in [0.4, 0.5) is 0 Å². The molecule has 0 fully saturated rings. The van der Waals surface area contributed by atoms with Crippen LogP contribution >= 0.6 is 11.8 Å². The third-order valence-electron chi connectivity index (χ3n) is 3.48. The van der Waals surface area contributed by atoms with Gasteiger partial charge in [0.25, 0.3) is 0 Å². The highest BCUT2D eigenvalue weighted by molar-refractivity contribution is 8.00. The summed E-state index contributed by atoms with van der Waals surface area (Å²) >= 11 is 1.59. The molecular formula is C17H27NOS. The number of amides is 1. The van der Waals surface area contributed by atoms with Gasteiger partial charge >= 0.3 is 0 Å². The summed E-state index contributed by atoms with van der Waals surface area (Å²) in [6.07, 6.45) is 0. The smallest absolute Gasteiger partial charge is 0.230 e. The van der Waals surface area contributed by atoms with Crippen LogP contribution in [0.1, 0.15) is 47.1 Å². The number of rotatable bonds is 5. The van der Waals surface area contributed by atoms with E-state index >= 15 is 0 Å². The van der Waals surface area contributed by atoms with Crippen molar-refractivity contribution >= 4 is 17.7 Å². The number of nitrogens with one attached hydrogen (secondary N) is 1. The van der Waals surface area contributed by atoms with Crippen molar-refractivity contribution in [3.63, 3.8) is 0 Å². The molecule has 0 heterocycles. The topological polar surface area (TPSA) is 29.1 Å². The van der Waals surface area contributed by atoms with E-state index in [1.807, 2.05) is 6.92 Å². The molecule has 0 aliphatic heterocycles. The quantitative estimate of drug-likeness (QED) is 0.823. The van der Waals surface area contributed by atoms with Crippen molar-refractivity contribution in [1.29, 1.82) is 0 Å². The number of thioether (sulfide) groups is 1. The Balaban J connectivity index is 2.48. The normalized spacial score (nSPS) is 13.3. The second-order valence-corrected chi connectivity index (χ2v) is 7.71. The zero-order valence-corrected chi connectivity index (χ0v) is 14.3. The molecule has 0 saturated heterocycles. The molecule has 1 rings (SSSR count). The van der Waals surface area contributed by atoms with Crippen LogP contribution in [0.25, 0.3) is 0 Å². The highest BCUT2D eigenvalue weighted by Gasteiger charge is 2.14. The summed E-state index contributed by atoms with van der Waals surface area (Å²) in [5, 5.41) is 3.03. The van der Waals surface area contributed by atoms with Crippen molar-refractivity contribution < 1.29 is 4.79 Å². The van der Waals surface area contributed by atoms with Gasteiger partial charge in [0.2, 0.25) is 5.91 Å². The zero-order chi connectivity index (χ0) is 15.3. The van der Waals surface area contributed by atoms with E-state index in [0.29, 0.717) is 11.7 Å². The average Bonchev–Trinajstić information content (AvgIpc) is 2.35. The van der Waals surface area contributed by atoms with E-state index in [1.54, 1.807) is 11.8 Å². The Hall–Kier alpha value is -0.960. The molecule has 3 heteroatoms. The van der Waals surface area contributed by atoms with E-state index in [-0.39, 0.29) is 17.4 Å². The number of hydrogen-bond acceptors (Lipinski definition) is 2. The van der Waals surface area contributed by atoms with Gasteiger partial charge in [0, 0.05) is 10.9 Å². The average molecular weight is 293 g/mol. The Morgan fingerprint density at radius 1 is 1.15 bits per heavy atom. The van der Waals surface area contributed by atoms with Gasteiger partial charge in [0.1, 0.15) is 0 Å². The lowest BCUT2D eigenvalue weighted by Gasteiger charge is -2.19. The Kier molecular flexibility index (Phi) is 6.12. The summed E-state index contributed by atoms with van der Waals surface area (Å²) in [5.74, 6) is 1.05. The molecule has 112 valence electrons. The largest absolute Gasteiger partial charge is 0.353 e. The molecule has 0 aliphatic carbocycles. The van der Waals surface area contributed by atoms with Crippen molar-refractivity contribution in [3.05, 3.63) is 29.8 Å². The van der Waals surface area contributed by atoms with Crippen LogP contribution in [0.3, 0.4) is 0 Å². The molecule has 0 bridgehead atoms. The third-order valence-corrected chi connectivity index (χ3v) is 4.49. The summed E-state index contributed by atoms with van der Waals surface area (Å²) in [4.78, 5) is 13.0. The Labute approximate surface area is 127 Å². The molecule has 1 amide bonds. The third kappa shape index (κ3) is 5.58. The van der Waals surface area contributed by atoms with Gasteiger partial charge < -0.3 is 5.32 Å². The molecule has 0 aromatic heterocycles. The number of carbonyl (C=O) groups excluding carboxylic acids is 1. The minimum atomic E-state index is 0.107. The fourth-order valence-electron chi connectivity index (χ4n) is 1.66. The zero-order valence-electron chi connectivity index (χ0n) is 13.5. The van der Waals surface area contributed by atoms with Crippen LogP contribution in [-0.2, 0) is 10.2 Å². The van der Waals surface area contributed by atoms with E-state index < -0.39 is 0 Å². The lowest BCUT2D eigenvalue weighted by molar-refractivity contribution is -0.119. The van der Waals surface area contributed by atoms with Gasteiger partial charge in [-0.2, -0.15) is 0 Å². The summed E-state index contributed by atoms with van der Waals surface area (Å²) in [6, 6.07) is 8.73. The van der Waals surface area contributed by atoms with Gasteiger partial charge in [-0.15, -0.1) is 11.8 Å². The molecule has 1 atom stereocenters. The molecule has 0 aliphatic rings. The fourth-order valence-corrected chi connectivity index (χ4v) is 2.37. The summed E-state index contributed by atoms with van der Waals surface area (Å²) in [7, 11) is 0. The van der Waals surface area contributed by atoms with Crippen molar-refractivity contribution in [3.8, 4) is 0 Å². The molecule has 0 radical (unpaired) electrons. The molecule has 1 aromatic carbocycles. The maximum atomic E-state index is 11.8. The molecule has 1 unspecified atom stereocenters. The molecule has 1 aromatic rings. The Morgan fingerprint density at radius 3 is 2.15 bits per heavy atom. The van der Waals surface area contributed by atoms with Crippen LogP contribution in [-0.4, -0.2) is 17.7 Å². The lowest BCUT2D eigenvalue weighted by Crippen LogP contribution is -2.37. The van der Waals surface area contributed by atoms with Crippen LogP contribution in [0.15, 0.2) is 29.2 Å². The van der Waals surface area contributed by atoms with Gasteiger partial charge in [-0.25, -0.2) is 0 Å². The molecule has 2 nitrogen and oxygen atoms in total. The highest BCUT2D eigenvalue weighted by Crippen LogP contribution is 2.25. The standard InChI is InChI=1S/C17H27NOS/c1-12(2)13(3)18-16(19)11-20-15-9-7-14(8-10-15)17(4,5)6/h7-10,12-13H,11H2,1-6H3,(H,18,19). The SMILES string of the molecule is CC(C)C(C)NC(=O)CSc1ccc(C(C)(C)C)cc1. The summed E-state index contributed by atoms with van der Waals surface area (Å²) < 4.78 is 0. The number of benzene rings is 1. The second kappa shape index (κ2) is 7.16. The van der Waals surface area contributed by atoms with E-state index in [4.69, 9.17) is 0 Å². The monoisotopic (exact) mass is 293 g/mol. The van der Waals surface area contributed by atoms with Crippen molar-refractivity contribution in [2.75, 3.05) is 5.75 Å². The number of carbonyl (C=O) groups is 1. The first-order valence-corrected chi connectivity index (χ1v) is 8.21. The predicted molar refractivity (Wildman–Crippen MR) is 88.3 cm³/mol. The van der Waals surface area contributed by atoms with E-state index in [0.717, 1.165) is 4.90 Å². The van der Waals surface area contributed by atoms with Crippen molar-refractivity contribution in [2.24, 2.45) is 5.92 Å². The van der Waals surface area contributed by atoms with E-state index in [2.05, 4.69) is 64.2 Å². The maximum absolute atomic E-state index is 11.8. The minimum absolute atomic E-state index is 0.107. The molecule has 1 N–H and O–H groups in total. The summed E-state index contributed by atoms with van der Waals surface area (Å²) in [5.41, 5.74) is 1.49. The summed E-state index contributed by atoms with van der Waals surface area (Å²) in [6.45, 7) is 12.9. The Bertz CT molecular complexity index is 431. The van der Waals surface area contributed by atoms with Crippen LogP contribution in [0.2, 0.25) is 0 Å². The Morgan fingerprint density at radius 2 is 1.70 bits per heavy atom. The van der Waals surface area contributed by atoms with Gasteiger partial charge in [0.15, 0.2) is 0 Å². The highest BCUT2D eigenvalue weighted by atomic mass is 32.2. The maximum Gasteiger partial charge on any atom is 0.230 e. The van der Waals surface area contributed by atoms with Crippen LogP contribution in [0, 0.1) is 5.92 Å². The van der Waals surface area contributed by atoms with Crippen molar-refractivity contribution in [1.82, 2.24) is 5.32 Å². The molecular weight excluding hydrogens is 266 g/mol. The predicted octanol–water partition coefficient (Wildman–Crippen LogP) is 4.24. The van der Waals surface area contributed by atoms with E-state index in [9.17, 15) is 4.79 Å². The van der Waals surface area contributed by atoms with Gasteiger partial charge in [-0.05, 0) is 36.0 Å². The fraction of sp³-hybridized carbons (Fsp3) is 0.588. The molecule has 20 heavy (non-hydrogen) atoms. The van der Waals surface area contributed by atoms with Gasteiger partial charge in [0.05, 0.1) is 5.75 Å². The lowest BCUT2D eigenvalue weighted by atomic mass is 9.87. The number of hydrogen-bond donors (Lipinski definition) is 1. The first-order chi connectivity index (χ1) is 9.20. The van der Waals surface area contributed by atoms with Gasteiger partial charge in [-0.3, -0.25) is 4.79 Å². The molecule has 0 spiro atoms.